The molecule has 0 bridgehead atoms. The number of fused-ring (bicyclic) bond motifs is 3. The Balaban J connectivity index is 1.31. The minimum atomic E-state index is -0.116. The zero-order valence-electron chi connectivity index (χ0n) is 18.9. The lowest BCUT2D eigenvalue weighted by Crippen LogP contribution is -2.29. The van der Waals surface area contributed by atoms with Gasteiger partial charge in [-0.05, 0) is 66.3 Å². The highest BCUT2D eigenvalue weighted by Crippen LogP contribution is 2.50. The largest absolute Gasteiger partial charge is 0.378 e. The van der Waals surface area contributed by atoms with Gasteiger partial charge in [0.1, 0.15) is 0 Å². The first-order chi connectivity index (χ1) is 16.6. The van der Waals surface area contributed by atoms with Gasteiger partial charge >= 0.3 is 0 Å². The predicted molar refractivity (Wildman–Crippen MR) is 142 cm³/mol. The van der Waals surface area contributed by atoms with Crippen molar-refractivity contribution in [1.82, 2.24) is 5.43 Å². The Kier molecular flexibility index (Phi) is 6.75. The van der Waals surface area contributed by atoms with Crippen LogP contribution >= 0.6 is 23.4 Å². The fraction of sp³-hybridized carbons (Fsp3) is 0.214. The van der Waals surface area contributed by atoms with E-state index in [0.29, 0.717) is 17.6 Å². The number of halogens is 1. The zero-order valence-corrected chi connectivity index (χ0v) is 20.4. The molecule has 0 spiro atoms. The average molecular weight is 488 g/mol. The normalized spacial score (nSPS) is 20.9. The van der Waals surface area contributed by atoms with Gasteiger partial charge in [-0.1, -0.05) is 66.2 Å². The van der Waals surface area contributed by atoms with E-state index in [4.69, 9.17) is 11.6 Å². The summed E-state index contributed by atoms with van der Waals surface area (Å²) >= 11 is 8.05. The molecule has 34 heavy (non-hydrogen) atoms. The van der Waals surface area contributed by atoms with Crippen LogP contribution in [0.2, 0.25) is 5.02 Å². The lowest BCUT2D eigenvalue weighted by molar-refractivity contribution is -0.118. The van der Waals surface area contributed by atoms with Crippen molar-refractivity contribution >= 4 is 40.7 Å². The number of hydrogen-bond acceptors (Lipinski definition) is 4. The summed E-state index contributed by atoms with van der Waals surface area (Å²) in [4.78, 5) is 13.3. The molecule has 1 amide bonds. The Hall–Kier alpha value is -3.02. The van der Waals surface area contributed by atoms with Gasteiger partial charge in [0, 0.05) is 21.5 Å². The van der Waals surface area contributed by atoms with E-state index in [1.807, 2.05) is 55.5 Å². The molecule has 1 heterocycles. The number of carbonyl (C=O) groups is 1. The second-order valence-corrected chi connectivity index (χ2v) is 10.1. The van der Waals surface area contributed by atoms with Crippen LogP contribution in [0.25, 0.3) is 0 Å². The third-order valence-electron chi connectivity index (χ3n) is 6.48. The van der Waals surface area contributed by atoms with Gasteiger partial charge in [-0.15, -0.1) is 11.8 Å². The summed E-state index contributed by atoms with van der Waals surface area (Å²) in [5.74, 6) is 0.943. The highest BCUT2D eigenvalue weighted by molar-refractivity contribution is 8.00. The quantitative estimate of drug-likeness (QED) is 0.174. The topological polar surface area (TPSA) is 53.5 Å². The first-order valence-corrected chi connectivity index (χ1v) is 12.8. The molecule has 3 atom stereocenters. The second kappa shape index (κ2) is 10.1. The first kappa shape index (κ1) is 22.8. The van der Waals surface area contributed by atoms with Crippen molar-refractivity contribution < 1.29 is 4.79 Å². The van der Waals surface area contributed by atoms with E-state index in [1.165, 1.54) is 17.3 Å². The molecule has 3 aromatic rings. The van der Waals surface area contributed by atoms with Crippen LogP contribution in [0.4, 0.5) is 5.69 Å². The van der Waals surface area contributed by atoms with Crippen LogP contribution in [-0.4, -0.2) is 17.4 Å². The number of thioether (sulfide) groups is 1. The molecule has 4 nitrogen and oxygen atoms in total. The number of nitrogens with one attached hydrogen (secondary N) is 2. The maximum Gasteiger partial charge on any atom is 0.250 e. The van der Waals surface area contributed by atoms with Crippen molar-refractivity contribution in [2.24, 2.45) is 11.0 Å². The molecule has 172 valence electrons. The molecule has 2 N–H and O–H groups in total. The summed E-state index contributed by atoms with van der Waals surface area (Å²) in [6.45, 7) is 1.93. The Labute approximate surface area is 209 Å². The molecule has 2 aliphatic rings. The average Bonchev–Trinajstić information content (AvgIpc) is 3.37. The fourth-order valence-corrected chi connectivity index (χ4v) is 5.73. The van der Waals surface area contributed by atoms with Crippen LogP contribution in [-0.2, 0) is 4.79 Å². The van der Waals surface area contributed by atoms with Gasteiger partial charge in [0.15, 0.2) is 0 Å². The standard InChI is InChI=1S/C28H26ClN3OS/c1-18(31-32-27(33)17-34-20-8-3-2-4-9-20)19-14-15-26-24(16-19)21-11-7-12-22(21)28(30-26)23-10-5-6-13-25(23)29/h2-11,13-16,21-22,28,30H,12,17H2,1H3,(H,32,33)/b31-18-/t21-,22+,28-/m1/s1. The fourth-order valence-electron chi connectivity index (χ4n) is 4.76. The van der Waals surface area contributed by atoms with Gasteiger partial charge in [-0.3, -0.25) is 4.79 Å². The third kappa shape index (κ3) is 4.77. The van der Waals surface area contributed by atoms with E-state index >= 15 is 0 Å². The highest BCUT2D eigenvalue weighted by atomic mass is 35.5. The first-order valence-electron chi connectivity index (χ1n) is 11.4. The summed E-state index contributed by atoms with van der Waals surface area (Å²) in [6, 6.07) is 24.5. The maximum atomic E-state index is 12.3. The summed E-state index contributed by atoms with van der Waals surface area (Å²) in [6.07, 6.45) is 5.60. The molecule has 5 rings (SSSR count). The number of hydrogen-bond donors (Lipinski definition) is 2. The summed E-state index contributed by atoms with van der Waals surface area (Å²) in [5.41, 5.74) is 8.02. The molecule has 6 heteroatoms. The monoisotopic (exact) mass is 487 g/mol. The van der Waals surface area contributed by atoms with Crippen molar-refractivity contribution in [2.75, 3.05) is 11.1 Å². The molecule has 0 saturated heterocycles. The van der Waals surface area contributed by atoms with Gasteiger partial charge in [0.25, 0.3) is 0 Å². The highest BCUT2D eigenvalue weighted by Gasteiger charge is 2.38. The molecular formula is C28H26ClN3OS. The van der Waals surface area contributed by atoms with Crippen molar-refractivity contribution in [3.05, 3.63) is 107 Å². The van der Waals surface area contributed by atoms with Crippen LogP contribution < -0.4 is 10.7 Å². The number of benzene rings is 3. The lowest BCUT2D eigenvalue weighted by Gasteiger charge is -2.38. The summed E-state index contributed by atoms with van der Waals surface area (Å²) in [5, 5.41) is 8.90. The molecule has 0 radical (unpaired) electrons. The maximum absolute atomic E-state index is 12.3. The van der Waals surface area contributed by atoms with E-state index in [0.717, 1.165) is 38.9 Å². The number of allylic oxidation sites excluding steroid dienone is 2. The Morgan fingerprint density at radius 1 is 1.09 bits per heavy atom. The molecule has 0 fully saturated rings. The van der Waals surface area contributed by atoms with Crippen molar-refractivity contribution in [3.8, 4) is 0 Å². The smallest absolute Gasteiger partial charge is 0.250 e. The van der Waals surface area contributed by atoms with E-state index in [9.17, 15) is 4.79 Å². The van der Waals surface area contributed by atoms with Crippen molar-refractivity contribution in [2.45, 2.75) is 30.2 Å². The molecule has 3 aromatic carbocycles. The number of amides is 1. The molecule has 1 aliphatic carbocycles. The van der Waals surface area contributed by atoms with Crippen LogP contribution in [0.15, 0.2) is 94.9 Å². The minimum Gasteiger partial charge on any atom is -0.378 e. The number of rotatable bonds is 6. The molecule has 1 aliphatic heterocycles. The SMILES string of the molecule is C/C(=N/NC(=O)CSc1ccccc1)c1ccc2c(c1)[C@@H]1C=CC[C@@H]1[C@H](c1ccccc1Cl)N2. The number of hydrazone groups is 1. The summed E-state index contributed by atoms with van der Waals surface area (Å²) in [7, 11) is 0. The molecule has 0 saturated carbocycles. The van der Waals surface area contributed by atoms with E-state index in [1.54, 1.807) is 0 Å². The Morgan fingerprint density at radius 2 is 1.88 bits per heavy atom. The number of carbonyl (C=O) groups excluding carboxylic acids is 1. The van der Waals surface area contributed by atoms with Gasteiger partial charge in [-0.25, -0.2) is 5.43 Å². The van der Waals surface area contributed by atoms with E-state index < -0.39 is 0 Å². The number of anilines is 1. The molecule has 0 unspecified atom stereocenters. The van der Waals surface area contributed by atoms with Gasteiger partial charge < -0.3 is 5.32 Å². The Bertz CT molecular complexity index is 1260. The van der Waals surface area contributed by atoms with Gasteiger partial charge in [0.05, 0.1) is 17.5 Å². The Morgan fingerprint density at radius 3 is 2.71 bits per heavy atom. The van der Waals surface area contributed by atoms with Crippen LogP contribution in [0, 0.1) is 5.92 Å². The van der Waals surface area contributed by atoms with E-state index in [-0.39, 0.29) is 11.9 Å². The van der Waals surface area contributed by atoms with Crippen LogP contribution in [0.1, 0.15) is 42.0 Å². The zero-order chi connectivity index (χ0) is 23.5. The van der Waals surface area contributed by atoms with Gasteiger partial charge in [0.2, 0.25) is 5.91 Å². The van der Waals surface area contributed by atoms with Crippen LogP contribution in [0.3, 0.4) is 0 Å². The van der Waals surface area contributed by atoms with E-state index in [2.05, 4.69) is 52.3 Å². The van der Waals surface area contributed by atoms with Crippen molar-refractivity contribution in [1.29, 1.82) is 0 Å². The van der Waals surface area contributed by atoms with Crippen LogP contribution in [0.5, 0.6) is 0 Å². The number of nitrogens with zero attached hydrogens (tertiary/aromatic N) is 1. The predicted octanol–water partition coefficient (Wildman–Crippen LogP) is 6.80. The third-order valence-corrected chi connectivity index (χ3v) is 7.84. The summed E-state index contributed by atoms with van der Waals surface area (Å²) < 4.78 is 0. The minimum absolute atomic E-state index is 0.116. The molecular weight excluding hydrogens is 462 g/mol. The van der Waals surface area contributed by atoms with Gasteiger partial charge in [-0.2, -0.15) is 5.10 Å². The molecule has 0 aromatic heterocycles. The van der Waals surface area contributed by atoms with Crippen molar-refractivity contribution in [3.63, 3.8) is 0 Å². The second-order valence-electron chi connectivity index (χ2n) is 8.63. The lowest BCUT2D eigenvalue weighted by atomic mass is 9.76.